The van der Waals surface area contributed by atoms with Crippen molar-refractivity contribution in [3.8, 4) is 17.5 Å². The summed E-state index contributed by atoms with van der Waals surface area (Å²) in [4.78, 5) is 47.0. The van der Waals surface area contributed by atoms with Crippen LogP contribution in [0.3, 0.4) is 0 Å². The number of ether oxygens (including phenoxy) is 3. The normalized spacial score (nSPS) is 11.7. The van der Waals surface area contributed by atoms with Crippen LogP contribution in [0.25, 0.3) is 44.7 Å². The van der Waals surface area contributed by atoms with Gasteiger partial charge in [0.05, 0.1) is 46.6 Å². The van der Waals surface area contributed by atoms with Gasteiger partial charge >= 0.3 is 0 Å². The summed E-state index contributed by atoms with van der Waals surface area (Å²) in [6.45, 7) is 26.5. The van der Waals surface area contributed by atoms with Crippen LogP contribution in [0.4, 0.5) is 5.82 Å². The summed E-state index contributed by atoms with van der Waals surface area (Å²) in [6.07, 6.45) is 8.85. The molecule has 8 rings (SSSR count). The molecule has 60 heavy (non-hydrogen) atoms. The zero-order valence-corrected chi connectivity index (χ0v) is 37.6. The first-order chi connectivity index (χ1) is 28.2. The lowest BCUT2D eigenvalue weighted by molar-refractivity contribution is 0.400. The number of hydrogen-bond acceptors (Lipinski definition) is 15. The highest BCUT2D eigenvalue weighted by Gasteiger charge is 2.20. The molecular weight excluding hydrogens is 765 g/mol. The molecule has 0 fully saturated rings. The zero-order chi connectivity index (χ0) is 44.3. The molecule has 0 unspecified atom stereocenters. The number of aryl methyl sites for hydroxylation is 3. The third-order valence-electron chi connectivity index (χ3n) is 9.10. The molecular formula is C41H58N16O3. The number of fused-ring (bicyclic) bond motifs is 4. The van der Waals surface area contributed by atoms with Gasteiger partial charge in [0.1, 0.15) is 34.3 Å². The standard InChI is InChI=1S/C11H15N3O.C10H15N5.2C10H14N4O/c1-11(2,3)14-7-13-9-8(15-4)5-6-12-10(9)14;1-6-13-8(11)7-9(14-6)15(5-12-7)10(2,3)4;2*1-6(2)14-5-11-8-9(14)12-7(3)13-10(8)15-4/h5-7H,1-4H3;5H,1-4H3,(H2,11,13,14);2*5-6H,1-4H3. The van der Waals surface area contributed by atoms with E-state index < -0.39 is 0 Å². The average molecular weight is 823 g/mol. The predicted molar refractivity (Wildman–Crippen MR) is 233 cm³/mol. The number of hydrogen-bond donors (Lipinski definition) is 1. The predicted octanol–water partition coefficient (Wildman–Crippen LogP) is 7.12. The van der Waals surface area contributed by atoms with Crippen LogP contribution >= 0.6 is 0 Å². The molecule has 19 nitrogen and oxygen atoms in total. The Kier molecular flexibility index (Phi) is 13.2. The summed E-state index contributed by atoms with van der Waals surface area (Å²) in [5.74, 6) is 4.35. The maximum atomic E-state index is 5.79. The second-order valence-electron chi connectivity index (χ2n) is 16.5. The van der Waals surface area contributed by atoms with E-state index in [1.54, 1.807) is 52.8 Å². The number of nitrogen functional groups attached to an aromatic ring is 1. The minimum absolute atomic E-state index is 0.0197. The molecule has 0 aromatic carbocycles. The van der Waals surface area contributed by atoms with Crippen LogP contribution in [-0.2, 0) is 11.1 Å². The number of imidazole rings is 4. The molecule has 320 valence electrons. The second-order valence-corrected chi connectivity index (χ2v) is 16.5. The van der Waals surface area contributed by atoms with Gasteiger partial charge in [-0.15, -0.1) is 0 Å². The van der Waals surface area contributed by atoms with E-state index in [4.69, 9.17) is 19.9 Å². The maximum absolute atomic E-state index is 5.79. The lowest BCUT2D eigenvalue weighted by atomic mass is 10.1. The number of nitrogens with zero attached hydrogens (tertiary/aromatic N) is 15. The Balaban J connectivity index is 0.000000152. The van der Waals surface area contributed by atoms with Crippen molar-refractivity contribution in [1.29, 1.82) is 0 Å². The first kappa shape index (κ1) is 44.6. The molecule has 0 aliphatic heterocycles. The summed E-state index contributed by atoms with van der Waals surface area (Å²) in [7, 11) is 4.83. The summed E-state index contributed by atoms with van der Waals surface area (Å²) >= 11 is 0. The smallest absolute Gasteiger partial charge is 0.245 e. The highest BCUT2D eigenvalue weighted by Crippen LogP contribution is 2.27. The van der Waals surface area contributed by atoms with E-state index in [-0.39, 0.29) is 11.1 Å². The van der Waals surface area contributed by atoms with Gasteiger partial charge in [0.15, 0.2) is 39.4 Å². The Morgan fingerprint density at radius 3 is 1.35 bits per heavy atom. The molecule has 0 atom stereocenters. The van der Waals surface area contributed by atoms with Gasteiger partial charge in [0.25, 0.3) is 0 Å². The second kappa shape index (κ2) is 17.8. The minimum Gasteiger partial charge on any atom is -0.494 e. The SMILES string of the molecule is COc1ccnc2c1ncn2C(C)(C)C.COc1nc(C)nc2c1ncn2C(C)C.COc1nc(C)nc2c1ncn2C(C)C.Cc1nc(N)c2ncn(C(C)(C)C)c2n1. The molecule has 0 spiro atoms. The molecule has 8 aromatic rings. The van der Waals surface area contributed by atoms with Crippen molar-refractivity contribution in [2.45, 2.75) is 113 Å². The Hall–Kier alpha value is -6.53. The van der Waals surface area contributed by atoms with Crippen LogP contribution in [0.15, 0.2) is 37.6 Å². The topological polar surface area (TPSA) is 215 Å². The highest BCUT2D eigenvalue weighted by molar-refractivity contribution is 5.82. The van der Waals surface area contributed by atoms with Gasteiger partial charge < -0.3 is 38.2 Å². The van der Waals surface area contributed by atoms with Crippen LogP contribution in [0.2, 0.25) is 0 Å². The van der Waals surface area contributed by atoms with E-state index >= 15 is 0 Å². The molecule has 0 saturated heterocycles. The fourth-order valence-electron chi connectivity index (χ4n) is 6.10. The van der Waals surface area contributed by atoms with Crippen molar-refractivity contribution >= 4 is 50.5 Å². The summed E-state index contributed by atoms with van der Waals surface area (Å²) in [6, 6.07) is 2.48. The van der Waals surface area contributed by atoms with E-state index in [2.05, 4.69) is 124 Å². The summed E-state index contributed by atoms with van der Waals surface area (Å²) < 4.78 is 23.7. The van der Waals surface area contributed by atoms with E-state index in [1.807, 2.05) is 45.1 Å². The Bertz CT molecular complexity index is 2620. The molecule has 0 aliphatic carbocycles. The summed E-state index contributed by atoms with van der Waals surface area (Å²) in [5, 5.41) is 0. The molecule has 2 N–H and O–H groups in total. The van der Waals surface area contributed by atoms with Gasteiger partial charge in [-0.3, -0.25) is 0 Å². The highest BCUT2D eigenvalue weighted by atomic mass is 16.5. The van der Waals surface area contributed by atoms with Gasteiger partial charge in [0.2, 0.25) is 11.8 Å². The number of nitrogens with two attached hydrogens (primary N) is 1. The van der Waals surface area contributed by atoms with Gasteiger partial charge in [-0.25, -0.2) is 44.9 Å². The maximum Gasteiger partial charge on any atom is 0.245 e. The van der Waals surface area contributed by atoms with Gasteiger partial charge in [-0.2, -0.15) is 9.97 Å². The molecule has 0 bridgehead atoms. The molecule has 8 heterocycles. The molecule has 0 saturated carbocycles. The third kappa shape index (κ3) is 9.50. The average Bonchev–Trinajstić information content (AvgIpc) is 3.98. The van der Waals surface area contributed by atoms with Gasteiger partial charge in [-0.05, 0) is 90.0 Å². The Morgan fingerprint density at radius 2 is 0.917 bits per heavy atom. The number of rotatable bonds is 5. The monoisotopic (exact) mass is 822 g/mol. The van der Waals surface area contributed by atoms with E-state index in [0.29, 0.717) is 52.7 Å². The molecule has 19 heteroatoms. The van der Waals surface area contributed by atoms with Crippen molar-refractivity contribution in [1.82, 2.24) is 73.1 Å². The van der Waals surface area contributed by atoms with Crippen LogP contribution in [-0.4, -0.2) is 94.4 Å². The lowest BCUT2D eigenvalue weighted by Gasteiger charge is -2.20. The molecule has 8 aromatic heterocycles. The zero-order valence-electron chi connectivity index (χ0n) is 37.6. The third-order valence-corrected chi connectivity index (χ3v) is 9.10. The van der Waals surface area contributed by atoms with Crippen molar-refractivity contribution < 1.29 is 14.2 Å². The van der Waals surface area contributed by atoms with Crippen LogP contribution < -0.4 is 19.9 Å². The first-order valence-electron chi connectivity index (χ1n) is 19.5. The molecule has 0 aliphatic rings. The Morgan fingerprint density at radius 1 is 0.500 bits per heavy atom. The first-order valence-corrected chi connectivity index (χ1v) is 19.5. The van der Waals surface area contributed by atoms with Gasteiger partial charge in [-0.1, -0.05) is 0 Å². The molecule has 0 radical (unpaired) electrons. The van der Waals surface area contributed by atoms with Crippen molar-refractivity contribution in [2.24, 2.45) is 0 Å². The quantitative estimate of drug-likeness (QED) is 0.183. The fourth-order valence-corrected chi connectivity index (χ4v) is 6.10. The molecule has 0 amide bonds. The number of aromatic nitrogens is 15. The lowest BCUT2D eigenvalue weighted by Crippen LogP contribution is -2.21. The Labute approximate surface area is 349 Å². The largest absolute Gasteiger partial charge is 0.494 e. The van der Waals surface area contributed by atoms with Crippen LogP contribution in [0.1, 0.15) is 98.8 Å². The van der Waals surface area contributed by atoms with E-state index in [1.165, 1.54) is 0 Å². The van der Waals surface area contributed by atoms with Crippen molar-refractivity contribution in [3.63, 3.8) is 0 Å². The van der Waals surface area contributed by atoms with Crippen LogP contribution in [0.5, 0.6) is 17.5 Å². The van der Waals surface area contributed by atoms with E-state index in [0.717, 1.165) is 44.9 Å². The van der Waals surface area contributed by atoms with Gasteiger partial charge in [0, 0.05) is 35.4 Å². The van der Waals surface area contributed by atoms with Crippen molar-refractivity contribution in [3.05, 3.63) is 55.0 Å². The number of methoxy groups -OCH3 is 3. The number of anilines is 1. The fraction of sp³-hybridized carbons (Fsp3) is 0.488. The van der Waals surface area contributed by atoms with Crippen molar-refractivity contribution in [2.75, 3.05) is 27.1 Å². The minimum atomic E-state index is -0.0536. The summed E-state index contributed by atoms with van der Waals surface area (Å²) in [5.41, 5.74) is 12.0. The number of pyridine rings is 1. The van der Waals surface area contributed by atoms with Crippen LogP contribution in [0, 0.1) is 20.8 Å². The van der Waals surface area contributed by atoms with E-state index in [9.17, 15) is 0 Å².